The molecule has 1 aliphatic heterocycles. The van der Waals surface area contributed by atoms with E-state index < -0.39 is 42.5 Å². The number of benzene rings is 1. The zero-order valence-corrected chi connectivity index (χ0v) is 16.1. The van der Waals surface area contributed by atoms with E-state index in [9.17, 15) is 19.2 Å². The summed E-state index contributed by atoms with van der Waals surface area (Å²) in [6.45, 7) is 4.05. The Balaban J connectivity index is 1.82. The number of hydrogen-bond donors (Lipinski definition) is 2. The van der Waals surface area contributed by atoms with Crippen molar-refractivity contribution >= 4 is 35.4 Å². The molecule has 2 N–H and O–H groups in total. The maximum atomic E-state index is 12.2. The average molecular weight is 396 g/mol. The van der Waals surface area contributed by atoms with Crippen molar-refractivity contribution < 1.29 is 23.9 Å². The normalized spacial score (nSPS) is 20.2. The molecule has 1 aliphatic rings. The van der Waals surface area contributed by atoms with E-state index in [0.29, 0.717) is 11.4 Å². The molecule has 2 rings (SSSR count). The van der Waals surface area contributed by atoms with Crippen molar-refractivity contribution in [2.24, 2.45) is 0 Å². The monoisotopic (exact) mass is 395 g/mol. The summed E-state index contributed by atoms with van der Waals surface area (Å²) in [5.41, 5.74) is -0.221. The van der Waals surface area contributed by atoms with Crippen LogP contribution >= 0.6 is 11.6 Å². The Bertz CT molecular complexity index is 769. The van der Waals surface area contributed by atoms with Crippen molar-refractivity contribution in [3.63, 3.8) is 0 Å². The Kier molecular flexibility index (Phi) is 6.43. The molecule has 0 saturated carbocycles. The minimum Gasteiger partial charge on any atom is -0.454 e. The second kappa shape index (κ2) is 8.39. The predicted molar refractivity (Wildman–Crippen MR) is 97.9 cm³/mol. The zero-order chi connectivity index (χ0) is 20.2. The molecule has 1 saturated heterocycles. The summed E-state index contributed by atoms with van der Waals surface area (Å²) >= 11 is 5.92. The summed E-state index contributed by atoms with van der Waals surface area (Å²) in [4.78, 5) is 48.7. The number of rotatable bonds is 7. The number of nitrogens with one attached hydrogen (secondary N) is 2. The second-order valence-electron chi connectivity index (χ2n) is 6.51. The lowest BCUT2D eigenvalue weighted by Gasteiger charge is -2.19. The second-order valence-corrected chi connectivity index (χ2v) is 6.95. The number of imide groups is 1. The first kappa shape index (κ1) is 20.7. The minimum absolute atomic E-state index is 0.328. The number of carbonyl (C=O) groups is 4. The maximum absolute atomic E-state index is 12.2. The highest BCUT2D eigenvalue weighted by Crippen LogP contribution is 2.20. The number of carbonyl (C=O) groups excluding carboxylic acids is 4. The van der Waals surface area contributed by atoms with Gasteiger partial charge < -0.3 is 15.4 Å². The van der Waals surface area contributed by atoms with Crippen LogP contribution in [-0.4, -0.2) is 47.4 Å². The van der Waals surface area contributed by atoms with E-state index in [1.54, 1.807) is 39.0 Å². The largest absolute Gasteiger partial charge is 0.454 e. The molecule has 0 radical (unpaired) electrons. The van der Waals surface area contributed by atoms with Crippen molar-refractivity contribution in [2.45, 2.75) is 38.8 Å². The molecule has 0 bridgehead atoms. The Hall–Kier alpha value is -2.61. The van der Waals surface area contributed by atoms with Gasteiger partial charge in [-0.1, -0.05) is 30.7 Å². The molecule has 1 aromatic carbocycles. The molecule has 0 unspecified atom stereocenters. The summed E-state index contributed by atoms with van der Waals surface area (Å²) in [5.74, 6) is -1.85. The van der Waals surface area contributed by atoms with Gasteiger partial charge in [0, 0.05) is 5.02 Å². The van der Waals surface area contributed by atoms with Gasteiger partial charge in [0.15, 0.2) is 6.61 Å². The maximum Gasteiger partial charge on any atom is 0.326 e. The van der Waals surface area contributed by atoms with E-state index in [1.165, 1.54) is 0 Å². The third kappa shape index (κ3) is 4.97. The Labute approximate surface area is 162 Å². The first-order chi connectivity index (χ1) is 12.7. The number of ether oxygens (including phenoxy) is 1. The summed E-state index contributed by atoms with van der Waals surface area (Å²) in [6.07, 6.45) is 0.396. The average Bonchev–Trinajstić information content (AvgIpc) is 2.83. The first-order valence-corrected chi connectivity index (χ1v) is 8.88. The number of halogens is 1. The van der Waals surface area contributed by atoms with E-state index >= 15 is 0 Å². The Morgan fingerprint density at radius 3 is 2.67 bits per heavy atom. The number of urea groups is 1. The molecule has 1 aromatic rings. The van der Waals surface area contributed by atoms with Gasteiger partial charge in [0.05, 0.1) is 6.04 Å². The summed E-state index contributed by atoms with van der Waals surface area (Å²) in [6, 6.07) is 6.04. The molecule has 0 aromatic heterocycles. The van der Waals surface area contributed by atoms with Crippen molar-refractivity contribution in [3.05, 3.63) is 34.9 Å². The van der Waals surface area contributed by atoms with Gasteiger partial charge in [0.25, 0.3) is 11.8 Å². The van der Waals surface area contributed by atoms with Gasteiger partial charge in [-0.2, -0.15) is 0 Å². The van der Waals surface area contributed by atoms with Crippen molar-refractivity contribution in [3.8, 4) is 0 Å². The van der Waals surface area contributed by atoms with Gasteiger partial charge in [0.1, 0.15) is 12.1 Å². The number of nitrogens with zero attached hydrogens (tertiary/aromatic N) is 1. The Morgan fingerprint density at radius 1 is 1.37 bits per heavy atom. The van der Waals surface area contributed by atoms with Crippen LogP contribution in [-0.2, 0) is 19.1 Å². The molecule has 146 valence electrons. The fraction of sp³-hybridized carbons (Fsp3) is 0.444. The fourth-order valence-corrected chi connectivity index (χ4v) is 2.79. The van der Waals surface area contributed by atoms with E-state index in [1.807, 2.05) is 6.07 Å². The summed E-state index contributed by atoms with van der Waals surface area (Å²) < 4.78 is 4.87. The van der Waals surface area contributed by atoms with Crippen LogP contribution in [0.2, 0.25) is 5.02 Å². The highest BCUT2D eigenvalue weighted by atomic mass is 35.5. The van der Waals surface area contributed by atoms with Crippen molar-refractivity contribution in [1.82, 2.24) is 15.5 Å². The third-order valence-electron chi connectivity index (χ3n) is 4.43. The standard InChI is InChI=1S/C18H22ClN3O5/c1-4-18(3)16(25)22(17(26)21-18)9-15(24)27-10-14(23)20-11(2)12-6-5-7-13(19)8-12/h5-8,11H,4,9-10H2,1-3H3,(H,20,23)(H,21,26)/t11-,18+/m0/s1. The Morgan fingerprint density at radius 2 is 2.07 bits per heavy atom. The zero-order valence-electron chi connectivity index (χ0n) is 15.4. The highest BCUT2D eigenvalue weighted by molar-refractivity contribution is 6.30. The van der Waals surface area contributed by atoms with E-state index in [4.69, 9.17) is 16.3 Å². The fourth-order valence-electron chi connectivity index (χ4n) is 2.59. The molecular formula is C18H22ClN3O5. The molecular weight excluding hydrogens is 374 g/mol. The molecule has 27 heavy (non-hydrogen) atoms. The topological polar surface area (TPSA) is 105 Å². The molecule has 2 atom stereocenters. The van der Waals surface area contributed by atoms with Gasteiger partial charge >= 0.3 is 12.0 Å². The first-order valence-electron chi connectivity index (χ1n) is 8.51. The lowest BCUT2D eigenvalue weighted by molar-refractivity contribution is -0.151. The van der Waals surface area contributed by atoms with Crippen molar-refractivity contribution in [2.75, 3.05) is 13.2 Å². The molecule has 1 heterocycles. The van der Waals surface area contributed by atoms with E-state index in [0.717, 1.165) is 10.5 Å². The SMILES string of the molecule is CC[C@@]1(C)NC(=O)N(CC(=O)OCC(=O)N[C@@H](C)c2cccc(Cl)c2)C1=O. The quantitative estimate of drug-likeness (QED) is 0.541. The molecule has 8 nitrogen and oxygen atoms in total. The van der Waals surface area contributed by atoms with Gasteiger partial charge in [-0.15, -0.1) is 0 Å². The van der Waals surface area contributed by atoms with Crippen LogP contribution in [0.25, 0.3) is 0 Å². The highest BCUT2D eigenvalue weighted by Gasteiger charge is 2.47. The number of amides is 4. The lowest BCUT2D eigenvalue weighted by Crippen LogP contribution is -2.43. The minimum atomic E-state index is -1.03. The van der Waals surface area contributed by atoms with Crippen LogP contribution in [0.1, 0.15) is 38.8 Å². The van der Waals surface area contributed by atoms with Crippen LogP contribution in [0.5, 0.6) is 0 Å². The number of esters is 1. The number of hydrogen-bond acceptors (Lipinski definition) is 5. The van der Waals surface area contributed by atoms with Gasteiger partial charge in [0.2, 0.25) is 0 Å². The lowest BCUT2D eigenvalue weighted by atomic mass is 9.99. The molecule has 0 spiro atoms. The smallest absolute Gasteiger partial charge is 0.326 e. The van der Waals surface area contributed by atoms with Gasteiger partial charge in [-0.3, -0.25) is 19.3 Å². The van der Waals surface area contributed by atoms with Gasteiger partial charge in [-0.25, -0.2) is 4.79 Å². The summed E-state index contributed by atoms with van der Waals surface area (Å²) in [5, 5.41) is 5.76. The van der Waals surface area contributed by atoms with Crippen LogP contribution < -0.4 is 10.6 Å². The van der Waals surface area contributed by atoms with E-state index in [-0.39, 0.29) is 6.04 Å². The molecule has 9 heteroatoms. The van der Waals surface area contributed by atoms with Crippen LogP contribution in [0.3, 0.4) is 0 Å². The molecule has 1 fully saturated rings. The van der Waals surface area contributed by atoms with Gasteiger partial charge in [-0.05, 0) is 38.0 Å². The van der Waals surface area contributed by atoms with Crippen LogP contribution in [0.15, 0.2) is 24.3 Å². The predicted octanol–water partition coefficient (Wildman–Crippen LogP) is 1.78. The van der Waals surface area contributed by atoms with E-state index in [2.05, 4.69) is 10.6 Å². The third-order valence-corrected chi connectivity index (χ3v) is 4.66. The van der Waals surface area contributed by atoms with Crippen molar-refractivity contribution in [1.29, 1.82) is 0 Å². The summed E-state index contributed by atoms with van der Waals surface area (Å²) in [7, 11) is 0. The van der Waals surface area contributed by atoms with Crippen LogP contribution in [0, 0.1) is 0 Å². The molecule has 0 aliphatic carbocycles. The molecule has 4 amide bonds. The van der Waals surface area contributed by atoms with Crippen LogP contribution in [0.4, 0.5) is 4.79 Å².